The first-order valence-corrected chi connectivity index (χ1v) is 10.1. The van der Waals surface area contributed by atoms with E-state index >= 15 is 0 Å². The Balaban J connectivity index is 1.59. The number of aromatic nitrogens is 4. The molecule has 1 amide bonds. The number of amides is 1. The molecule has 0 spiro atoms. The van der Waals surface area contributed by atoms with Crippen molar-refractivity contribution in [2.75, 3.05) is 5.32 Å². The molecule has 0 bridgehead atoms. The Morgan fingerprint density at radius 3 is 2.78 bits per heavy atom. The van der Waals surface area contributed by atoms with E-state index in [9.17, 15) is 4.79 Å². The van der Waals surface area contributed by atoms with E-state index < -0.39 is 0 Å². The topological polar surface area (TPSA) is 72.2 Å². The van der Waals surface area contributed by atoms with Gasteiger partial charge in [-0.25, -0.2) is 0 Å². The van der Waals surface area contributed by atoms with E-state index in [4.69, 9.17) is 0 Å². The first kappa shape index (κ1) is 17.8. The molecule has 4 rings (SSSR count). The standard InChI is InChI=1S/C19H16BrN5OS/c1-2-4-16-22-23-19-25(16)24-18(27-19)13-5-3-6-15(11-13)21-17(26)12-7-9-14(20)10-8-12/h3,5-11H,2,4H2,1H3,(H,21,26). The van der Waals surface area contributed by atoms with Gasteiger partial charge in [0.2, 0.25) is 4.96 Å². The highest BCUT2D eigenvalue weighted by molar-refractivity contribution is 9.10. The van der Waals surface area contributed by atoms with Gasteiger partial charge in [0, 0.05) is 27.7 Å². The van der Waals surface area contributed by atoms with Crippen molar-refractivity contribution in [1.82, 2.24) is 19.8 Å². The average Bonchev–Trinajstić information content (AvgIpc) is 3.25. The lowest BCUT2D eigenvalue weighted by Gasteiger charge is -2.06. The van der Waals surface area contributed by atoms with E-state index in [0.29, 0.717) is 5.56 Å². The Hall–Kier alpha value is -2.58. The molecule has 1 N–H and O–H groups in total. The third-order valence-corrected chi connectivity index (χ3v) is 5.48. The lowest BCUT2D eigenvalue weighted by Crippen LogP contribution is -2.11. The fraction of sp³-hybridized carbons (Fsp3) is 0.158. The van der Waals surface area contributed by atoms with Crippen molar-refractivity contribution >= 4 is 43.8 Å². The summed E-state index contributed by atoms with van der Waals surface area (Å²) < 4.78 is 2.74. The summed E-state index contributed by atoms with van der Waals surface area (Å²) in [7, 11) is 0. The van der Waals surface area contributed by atoms with Crippen LogP contribution >= 0.6 is 27.3 Å². The molecule has 8 heteroatoms. The van der Waals surface area contributed by atoms with E-state index in [1.54, 1.807) is 16.6 Å². The van der Waals surface area contributed by atoms with Crippen molar-refractivity contribution in [1.29, 1.82) is 0 Å². The summed E-state index contributed by atoms with van der Waals surface area (Å²) in [5, 5.41) is 16.8. The Labute approximate surface area is 168 Å². The third-order valence-electron chi connectivity index (χ3n) is 4.00. The van der Waals surface area contributed by atoms with Gasteiger partial charge < -0.3 is 5.32 Å². The summed E-state index contributed by atoms with van der Waals surface area (Å²) in [5.41, 5.74) is 2.26. The molecule has 4 aromatic rings. The molecule has 0 aliphatic rings. The summed E-state index contributed by atoms with van der Waals surface area (Å²) in [6.07, 6.45) is 1.83. The van der Waals surface area contributed by atoms with E-state index in [-0.39, 0.29) is 5.91 Å². The zero-order valence-electron chi connectivity index (χ0n) is 14.5. The normalized spacial score (nSPS) is 11.0. The minimum absolute atomic E-state index is 0.150. The minimum atomic E-state index is -0.150. The van der Waals surface area contributed by atoms with E-state index in [2.05, 4.69) is 43.5 Å². The second kappa shape index (κ2) is 7.58. The fourth-order valence-corrected chi connectivity index (χ4v) is 3.81. The molecule has 0 radical (unpaired) electrons. The number of anilines is 1. The number of aryl methyl sites for hydroxylation is 1. The smallest absolute Gasteiger partial charge is 0.255 e. The minimum Gasteiger partial charge on any atom is -0.322 e. The quantitative estimate of drug-likeness (QED) is 0.481. The van der Waals surface area contributed by atoms with Crippen molar-refractivity contribution < 1.29 is 4.79 Å². The second-order valence-corrected chi connectivity index (χ2v) is 7.88. The summed E-state index contributed by atoms with van der Waals surface area (Å²) in [6.45, 7) is 2.10. The molecular formula is C19H16BrN5OS. The Morgan fingerprint density at radius 1 is 1.19 bits per heavy atom. The van der Waals surface area contributed by atoms with Crippen LogP contribution in [0.2, 0.25) is 0 Å². The van der Waals surface area contributed by atoms with Gasteiger partial charge in [-0.1, -0.05) is 46.3 Å². The van der Waals surface area contributed by atoms with Crippen LogP contribution in [0, 0.1) is 0 Å². The van der Waals surface area contributed by atoms with Gasteiger partial charge in [0.1, 0.15) is 5.01 Å². The molecule has 0 saturated carbocycles. The number of benzene rings is 2. The first-order chi connectivity index (χ1) is 13.1. The summed E-state index contributed by atoms with van der Waals surface area (Å²) in [6, 6.07) is 14.9. The number of hydrogen-bond acceptors (Lipinski definition) is 5. The molecule has 6 nitrogen and oxygen atoms in total. The molecule has 0 aliphatic heterocycles. The molecule has 0 aliphatic carbocycles. The summed E-state index contributed by atoms with van der Waals surface area (Å²) >= 11 is 4.86. The van der Waals surface area contributed by atoms with Gasteiger partial charge in [0.25, 0.3) is 5.91 Å². The van der Waals surface area contributed by atoms with Gasteiger partial charge in [-0.2, -0.15) is 9.61 Å². The summed E-state index contributed by atoms with van der Waals surface area (Å²) in [5.74, 6) is 0.720. The number of nitrogens with one attached hydrogen (secondary N) is 1. The predicted molar refractivity (Wildman–Crippen MR) is 110 cm³/mol. The highest BCUT2D eigenvalue weighted by Gasteiger charge is 2.13. The maximum absolute atomic E-state index is 12.4. The van der Waals surface area contributed by atoms with Crippen LogP contribution in [0.3, 0.4) is 0 Å². The molecule has 2 aromatic heterocycles. The number of rotatable bonds is 5. The fourth-order valence-electron chi connectivity index (χ4n) is 2.69. The van der Waals surface area contributed by atoms with Gasteiger partial charge in [0.05, 0.1) is 0 Å². The number of nitrogens with zero attached hydrogens (tertiary/aromatic N) is 4. The van der Waals surface area contributed by atoms with Crippen molar-refractivity contribution in [2.24, 2.45) is 0 Å². The number of fused-ring (bicyclic) bond motifs is 1. The molecular weight excluding hydrogens is 426 g/mol. The maximum atomic E-state index is 12.4. The molecule has 0 atom stereocenters. The SMILES string of the molecule is CCCc1nnc2sc(-c3cccc(NC(=O)c4ccc(Br)cc4)c3)nn12. The molecule has 2 heterocycles. The maximum Gasteiger partial charge on any atom is 0.255 e. The highest BCUT2D eigenvalue weighted by atomic mass is 79.9. The van der Waals surface area contributed by atoms with Gasteiger partial charge >= 0.3 is 0 Å². The molecule has 136 valence electrons. The number of carbonyl (C=O) groups is 1. The number of halogens is 1. The Bertz CT molecular complexity index is 1100. The second-order valence-electron chi connectivity index (χ2n) is 6.01. The lowest BCUT2D eigenvalue weighted by atomic mass is 10.2. The van der Waals surface area contributed by atoms with E-state index in [1.165, 1.54) is 11.3 Å². The molecule has 27 heavy (non-hydrogen) atoms. The van der Waals surface area contributed by atoms with Crippen molar-refractivity contribution in [2.45, 2.75) is 19.8 Å². The largest absolute Gasteiger partial charge is 0.322 e. The van der Waals surface area contributed by atoms with Crippen molar-refractivity contribution in [3.63, 3.8) is 0 Å². The van der Waals surface area contributed by atoms with Gasteiger partial charge in [-0.3, -0.25) is 4.79 Å². The van der Waals surface area contributed by atoms with Crippen LogP contribution in [-0.2, 0) is 6.42 Å². The van der Waals surface area contributed by atoms with Crippen LogP contribution in [-0.4, -0.2) is 25.7 Å². The highest BCUT2D eigenvalue weighted by Crippen LogP contribution is 2.28. The van der Waals surface area contributed by atoms with Gasteiger partial charge in [-0.15, -0.1) is 10.2 Å². The predicted octanol–water partition coefficient (Wildman–Crippen LogP) is 4.82. The third kappa shape index (κ3) is 3.77. The van der Waals surface area contributed by atoms with Crippen molar-refractivity contribution in [3.8, 4) is 10.6 Å². The average molecular weight is 442 g/mol. The van der Waals surface area contributed by atoms with Crippen LogP contribution < -0.4 is 5.32 Å². The van der Waals surface area contributed by atoms with Gasteiger partial charge in [-0.05, 0) is 42.8 Å². The van der Waals surface area contributed by atoms with E-state index in [0.717, 1.165) is 44.4 Å². The number of carbonyl (C=O) groups excluding carboxylic acids is 1. The Kier molecular flexibility index (Phi) is 5.00. The van der Waals surface area contributed by atoms with Crippen LogP contribution in [0.5, 0.6) is 0 Å². The molecule has 0 unspecified atom stereocenters. The first-order valence-electron chi connectivity index (χ1n) is 8.52. The molecule has 2 aromatic carbocycles. The van der Waals surface area contributed by atoms with Crippen LogP contribution in [0.1, 0.15) is 29.5 Å². The molecule has 0 saturated heterocycles. The van der Waals surface area contributed by atoms with Crippen molar-refractivity contribution in [3.05, 3.63) is 64.4 Å². The van der Waals surface area contributed by atoms with Crippen LogP contribution in [0.4, 0.5) is 5.69 Å². The zero-order chi connectivity index (χ0) is 18.8. The summed E-state index contributed by atoms with van der Waals surface area (Å²) in [4.78, 5) is 13.2. The number of hydrogen-bond donors (Lipinski definition) is 1. The van der Waals surface area contributed by atoms with E-state index in [1.807, 2.05) is 36.4 Å². The Morgan fingerprint density at radius 2 is 2.00 bits per heavy atom. The van der Waals surface area contributed by atoms with Crippen LogP contribution in [0.25, 0.3) is 15.5 Å². The zero-order valence-corrected chi connectivity index (χ0v) is 16.9. The monoisotopic (exact) mass is 441 g/mol. The van der Waals surface area contributed by atoms with Crippen LogP contribution in [0.15, 0.2) is 53.0 Å². The van der Waals surface area contributed by atoms with Gasteiger partial charge in [0.15, 0.2) is 5.82 Å². The lowest BCUT2D eigenvalue weighted by molar-refractivity contribution is 0.102. The molecule has 0 fully saturated rings.